The molecule has 0 radical (unpaired) electrons. The van der Waals surface area contributed by atoms with Gasteiger partial charge in [0.25, 0.3) is 17.7 Å². The normalized spacial score (nSPS) is 15.5. The van der Waals surface area contributed by atoms with Crippen molar-refractivity contribution in [2.75, 3.05) is 152 Å². The lowest BCUT2D eigenvalue weighted by Gasteiger charge is -2.23. The lowest BCUT2D eigenvalue weighted by atomic mass is 10.1. The van der Waals surface area contributed by atoms with Gasteiger partial charge in [-0.2, -0.15) is 0 Å². The minimum atomic E-state index is -0.309. The number of amides is 3. The SMILES string of the molecule is COC(=O)CCOCCOCCOCCN(C)c1cc(CO)cc(CO)c1.COC(=O)CCOCCOCCOCCN(C)c1cc(COc2cc3c(cc2C)C(=O)N2c4ccccc4C[C@H]2C=N3)cc(COc2cc3c(cc2OC)C(=O)N2c4ccccc4C[C@H]2C=N3)c1.Cc1cc2c(cc1O)N=C[C@@H]1Cc3ccccc3N1C2=O. The number of phenolic OH excluding ortho intramolecular Hbond substituents is 1. The van der Waals surface area contributed by atoms with Crippen LogP contribution in [0.3, 0.4) is 0 Å². The van der Waals surface area contributed by atoms with Crippen LogP contribution in [-0.2, 0) is 93.2 Å². The molecule has 6 aliphatic rings. The third-order valence-electron chi connectivity index (χ3n) is 20.5. The Bertz CT molecular complexity index is 4870. The highest BCUT2D eigenvalue weighted by molar-refractivity contribution is 6.17. The van der Waals surface area contributed by atoms with E-state index in [9.17, 15) is 39.3 Å². The summed E-state index contributed by atoms with van der Waals surface area (Å²) in [5, 5.41) is 28.4. The summed E-state index contributed by atoms with van der Waals surface area (Å²) in [5.41, 5.74) is 16.0. The first kappa shape index (κ1) is 84.0. The molecule has 0 fully saturated rings. The maximum atomic E-state index is 14.0. The number of methoxy groups -OCH3 is 3. The van der Waals surface area contributed by atoms with Crippen LogP contribution < -0.4 is 38.7 Å². The van der Waals surface area contributed by atoms with Crippen LogP contribution in [0.5, 0.6) is 23.0 Å². The van der Waals surface area contributed by atoms with Crippen molar-refractivity contribution < 1.29 is 91.4 Å². The molecule has 3 N–H and O–H groups in total. The predicted molar refractivity (Wildman–Crippen MR) is 442 cm³/mol. The molecule has 27 nitrogen and oxygen atoms in total. The number of ether oxygens (including phenoxy) is 11. The van der Waals surface area contributed by atoms with Crippen molar-refractivity contribution in [3.63, 3.8) is 0 Å². The number of phenols is 1. The summed E-state index contributed by atoms with van der Waals surface area (Å²) in [4.78, 5) is 86.6. The molecule has 0 saturated heterocycles. The van der Waals surface area contributed by atoms with E-state index < -0.39 is 0 Å². The van der Waals surface area contributed by atoms with Gasteiger partial charge in [0, 0.05) is 112 Å². The van der Waals surface area contributed by atoms with Crippen molar-refractivity contribution in [3.8, 4) is 23.0 Å². The number of carbonyl (C=O) groups excluding carboxylic acids is 5. The second-order valence-electron chi connectivity index (χ2n) is 28.5. The summed E-state index contributed by atoms with van der Waals surface area (Å²) in [5.74, 6) is 0.813. The average molecular weight is 1590 g/mol. The number of hydrogen-bond donors (Lipinski definition) is 3. The van der Waals surface area contributed by atoms with E-state index in [-0.39, 0.29) is 99.4 Å². The van der Waals surface area contributed by atoms with Gasteiger partial charge in [-0.15, -0.1) is 0 Å². The number of esters is 2. The first-order valence-corrected chi connectivity index (χ1v) is 38.8. The Morgan fingerprint density at radius 3 is 1.19 bits per heavy atom. The summed E-state index contributed by atoms with van der Waals surface area (Å²) < 4.78 is 61.1. The first-order chi connectivity index (χ1) is 56.4. The third kappa shape index (κ3) is 21.0. The topological polar surface area (TPSA) is 301 Å². The number of para-hydroxylation sites is 3. The van der Waals surface area contributed by atoms with Crippen molar-refractivity contribution in [1.29, 1.82) is 0 Å². The Morgan fingerprint density at radius 2 is 0.776 bits per heavy atom. The Labute approximate surface area is 675 Å². The van der Waals surface area contributed by atoms with Crippen molar-refractivity contribution in [3.05, 3.63) is 212 Å². The number of aromatic hydroxyl groups is 1. The van der Waals surface area contributed by atoms with Gasteiger partial charge in [0.2, 0.25) is 0 Å². The van der Waals surface area contributed by atoms with Gasteiger partial charge in [-0.25, -0.2) is 0 Å². The molecule has 27 heteroatoms. The molecule has 8 aromatic rings. The van der Waals surface area contributed by atoms with E-state index in [4.69, 9.17) is 52.6 Å². The van der Waals surface area contributed by atoms with Gasteiger partial charge in [0.1, 0.15) is 24.7 Å². The fourth-order valence-corrected chi connectivity index (χ4v) is 14.3. The summed E-state index contributed by atoms with van der Waals surface area (Å²) in [7, 11) is 8.19. The molecule has 0 spiro atoms. The smallest absolute Gasteiger partial charge is 0.307 e. The fourth-order valence-electron chi connectivity index (χ4n) is 14.3. The highest BCUT2D eigenvalue weighted by Gasteiger charge is 2.40. The molecular formula is C89H100N8O19. The Kier molecular flexibility index (Phi) is 29.5. The summed E-state index contributed by atoms with van der Waals surface area (Å²) >= 11 is 0. The zero-order valence-corrected chi connectivity index (χ0v) is 66.5. The number of carbonyl (C=O) groups is 5. The molecule has 116 heavy (non-hydrogen) atoms. The number of aliphatic imine (C=N–C) groups is 3. The molecular weight excluding hydrogens is 1490 g/mol. The molecule has 0 bridgehead atoms. The largest absolute Gasteiger partial charge is 0.508 e. The van der Waals surface area contributed by atoms with Gasteiger partial charge >= 0.3 is 11.9 Å². The summed E-state index contributed by atoms with van der Waals surface area (Å²) in [6, 6.07) is 45.8. The number of hydrogen-bond acceptors (Lipinski definition) is 24. The molecule has 0 aliphatic carbocycles. The number of aliphatic hydroxyl groups is 2. The molecule has 6 heterocycles. The highest BCUT2D eigenvalue weighted by atomic mass is 16.6. The minimum Gasteiger partial charge on any atom is -0.508 e. The predicted octanol–water partition coefficient (Wildman–Crippen LogP) is 11.5. The molecule has 0 aromatic heterocycles. The van der Waals surface area contributed by atoms with E-state index in [1.54, 1.807) is 55.5 Å². The lowest BCUT2D eigenvalue weighted by molar-refractivity contribution is -0.142. The first-order valence-electron chi connectivity index (χ1n) is 38.8. The number of aliphatic hydroxyl groups excluding tert-OH is 2. The average Bonchev–Trinajstić information content (AvgIpc) is 1.61. The molecule has 8 aromatic carbocycles. The molecule has 14 rings (SSSR count). The van der Waals surface area contributed by atoms with Gasteiger partial charge in [-0.05, 0) is 131 Å². The monoisotopic (exact) mass is 1580 g/mol. The molecule has 3 amide bonds. The van der Waals surface area contributed by atoms with Gasteiger partial charge in [0.15, 0.2) is 11.5 Å². The van der Waals surface area contributed by atoms with Gasteiger partial charge in [0.05, 0.1) is 179 Å². The minimum absolute atomic E-state index is 0.0512. The van der Waals surface area contributed by atoms with Crippen molar-refractivity contribution in [2.45, 2.75) is 90.5 Å². The standard InChI is InChI=1S/C53H55N5O10.C19H31NO7.C17H14N2O2/c1-34-21-42-44(54-30-40-25-37-9-5-7-11-46(37)57(40)52(42)60)28-48(34)67-32-35-22-36(24-39(23-35)56(2)14-16-65-18-20-66-19-17-64-15-13-51(59)63-4)33-68-50-29-45-43(27-49(50)62-3)53(61)58-41(31-55-45)26-38-10-6-8-12-47(38)58;1-20(18-12-16(14-21)11-17(13-18)15-22)4-6-26-8-10-27-9-7-25-5-3-19(23)24-2;1-10-6-13-14(8-16(10)20)18-9-12-7-11-4-2-3-5-15(11)19(12)17(13)21/h5-12,21-24,27-31,40-41H,13-20,25-26,32-33H2,1-4H3;11-13,21-22H,3-10,14-15H2,1-2H3;2-6,8-9,12,20H,7H2,1H3/t40-,41-;;12-/m0.0/s1. The van der Waals surface area contributed by atoms with Crippen molar-refractivity contribution in [1.82, 2.24) is 0 Å². The Hall–Kier alpha value is -11.4. The third-order valence-corrected chi connectivity index (χ3v) is 20.5. The maximum Gasteiger partial charge on any atom is 0.307 e. The Morgan fingerprint density at radius 1 is 0.422 bits per heavy atom. The van der Waals surface area contributed by atoms with E-state index in [2.05, 4.69) is 37.6 Å². The van der Waals surface area contributed by atoms with Gasteiger partial charge in [-0.1, -0.05) is 60.7 Å². The van der Waals surface area contributed by atoms with E-state index in [0.29, 0.717) is 149 Å². The van der Waals surface area contributed by atoms with Crippen molar-refractivity contribution in [2.24, 2.45) is 15.0 Å². The van der Waals surface area contributed by atoms with E-state index in [1.807, 2.05) is 145 Å². The summed E-state index contributed by atoms with van der Waals surface area (Å²) in [6.45, 7) is 10.3. The molecule has 610 valence electrons. The number of nitrogens with zero attached hydrogens (tertiary/aromatic N) is 8. The fraction of sp³-hybridized carbons (Fsp3) is 0.371. The molecule has 3 atom stereocenters. The van der Waals surface area contributed by atoms with Gasteiger partial charge < -0.3 is 77.2 Å². The lowest BCUT2D eigenvalue weighted by Crippen LogP contribution is -2.37. The number of benzene rings is 8. The van der Waals surface area contributed by atoms with Crippen LogP contribution in [0.2, 0.25) is 0 Å². The van der Waals surface area contributed by atoms with Crippen LogP contribution in [0.15, 0.2) is 161 Å². The van der Waals surface area contributed by atoms with Crippen LogP contribution in [0.4, 0.5) is 45.5 Å². The molecule has 0 unspecified atom stereocenters. The molecule has 0 saturated carbocycles. The quantitative estimate of drug-likeness (QED) is 0.0245. The van der Waals surface area contributed by atoms with E-state index in [1.165, 1.54) is 19.8 Å². The second-order valence-corrected chi connectivity index (χ2v) is 28.5. The van der Waals surface area contributed by atoms with Crippen LogP contribution in [0, 0.1) is 13.8 Å². The number of likely N-dealkylation sites (N-methyl/N-ethyl adjacent to an activating group) is 2. The zero-order chi connectivity index (χ0) is 81.6. The Balaban J connectivity index is 0.000000209. The van der Waals surface area contributed by atoms with Crippen molar-refractivity contribution >= 4 is 93.8 Å². The maximum absolute atomic E-state index is 14.0. The molecule has 6 aliphatic heterocycles. The zero-order valence-electron chi connectivity index (χ0n) is 66.5. The van der Waals surface area contributed by atoms with E-state index >= 15 is 0 Å². The summed E-state index contributed by atoms with van der Waals surface area (Å²) in [6.07, 6.45) is 8.16. The van der Waals surface area contributed by atoms with Crippen LogP contribution in [0.1, 0.15) is 94.0 Å². The number of rotatable bonds is 35. The van der Waals surface area contributed by atoms with Crippen LogP contribution in [0.25, 0.3) is 0 Å². The van der Waals surface area contributed by atoms with E-state index in [0.717, 1.165) is 80.2 Å². The number of fused-ring (bicyclic) bond motifs is 12. The number of aryl methyl sites for hydroxylation is 2. The number of anilines is 5. The highest BCUT2D eigenvalue weighted by Crippen LogP contribution is 2.44. The van der Waals surface area contributed by atoms with Crippen LogP contribution >= 0.6 is 0 Å². The second kappa shape index (κ2) is 40.7. The van der Waals surface area contributed by atoms with Gasteiger partial charge in [-0.3, -0.25) is 53.6 Å². The van der Waals surface area contributed by atoms with Crippen LogP contribution in [-0.4, -0.2) is 210 Å².